The van der Waals surface area contributed by atoms with Gasteiger partial charge in [-0.15, -0.1) is 6.58 Å². The molecule has 1 aliphatic rings. The lowest BCUT2D eigenvalue weighted by atomic mass is 9.84. The van der Waals surface area contributed by atoms with Crippen molar-refractivity contribution in [2.75, 3.05) is 26.4 Å². The average molecular weight is 505 g/mol. The highest BCUT2D eigenvalue weighted by molar-refractivity contribution is 9.10. The number of aliphatic hydroxyl groups is 1. The molecule has 0 aliphatic carbocycles. The maximum absolute atomic E-state index is 13.2. The zero-order valence-corrected chi connectivity index (χ0v) is 19.2. The third-order valence-electron chi connectivity index (χ3n) is 5.04. The number of aliphatic imine (C=N–C) groups is 1. The standard InChI is InChI=1S/C24H26BrFN2O4/c1-2-12-24(23(30)27-14-13-26)21(17-4-8-19(25)9-5-17)32-22(28-24)18-6-10-20(11-7-18)31-16-3-15-29/h2,4-11,21,29H,1,3,12-16H2,(H,27,30)/t21-,24-/m1/s1. The van der Waals surface area contributed by atoms with E-state index in [2.05, 4.69) is 27.8 Å². The van der Waals surface area contributed by atoms with Gasteiger partial charge in [0.05, 0.1) is 6.61 Å². The van der Waals surface area contributed by atoms with E-state index >= 15 is 0 Å². The van der Waals surface area contributed by atoms with Crippen molar-refractivity contribution in [3.8, 4) is 5.75 Å². The van der Waals surface area contributed by atoms with Gasteiger partial charge in [0.1, 0.15) is 12.4 Å². The summed E-state index contributed by atoms with van der Waals surface area (Å²) in [5.74, 6) is 0.558. The number of nitrogens with one attached hydrogen (secondary N) is 1. The first-order valence-corrected chi connectivity index (χ1v) is 11.1. The second-order valence-corrected chi connectivity index (χ2v) is 8.19. The molecule has 0 radical (unpaired) electrons. The summed E-state index contributed by atoms with van der Waals surface area (Å²) < 4.78 is 25.5. The van der Waals surface area contributed by atoms with Crippen LogP contribution in [0.2, 0.25) is 0 Å². The maximum atomic E-state index is 13.2. The lowest BCUT2D eigenvalue weighted by Gasteiger charge is -2.29. The fourth-order valence-corrected chi connectivity index (χ4v) is 3.75. The number of hydrogen-bond acceptors (Lipinski definition) is 5. The van der Waals surface area contributed by atoms with Gasteiger partial charge in [0.15, 0.2) is 11.6 Å². The van der Waals surface area contributed by atoms with Crippen LogP contribution >= 0.6 is 15.9 Å². The van der Waals surface area contributed by atoms with Gasteiger partial charge in [0.25, 0.3) is 5.91 Å². The highest BCUT2D eigenvalue weighted by atomic mass is 79.9. The summed E-state index contributed by atoms with van der Waals surface area (Å²) in [6.45, 7) is 3.50. The molecule has 2 aromatic rings. The van der Waals surface area contributed by atoms with E-state index in [4.69, 9.17) is 19.6 Å². The highest BCUT2D eigenvalue weighted by Gasteiger charge is 2.52. The first-order valence-electron chi connectivity index (χ1n) is 10.4. The number of hydrogen-bond donors (Lipinski definition) is 2. The number of benzene rings is 2. The lowest BCUT2D eigenvalue weighted by Crippen LogP contribution is -2.48. The number of carbonyl (C=O) groups is 1. The van der Waals surface area contributed by atoms with Gasteiger partial charge in [0.2, 0.25) is 5.90 Å². The van der Waals surface area contributed by atoms with Gasteiger partial charge in [0, 0.05) is 36.0 Å². The minimum absolute atomic E-state index is 0.0655. The number of nitrogens with zero attached hydrogens (tertiary/aromatic N) is 1. The molecule has 2 aromatic carbocycles. The van der Waals surface area contributed by atoms with Crippen LogP contribution < -0.4 is 10.1 Å². The summed E-state index contributed by atoms with van der Waals surface area (Å²) in [5, 5.41) is 11.5. The Bertz CT molecular complexity index is 949. The molecule has 0 spiro atoms. The van der Waals surface area contributed by atoms with E-state index in [1.54, 1.807) is 30.3 Å². The second-order valence-electron chi connectivity index (χ2n) is 7.28. The summed E-state index contributed by atoms with van der Waals surface area (Å²) in [4.78, 5) is 17.9. The largest absolute Gasteiger partial charge is 0.494 e. The molecule has 0 saturated heterocycles. The second kappa shape index (κ2) is 11.2. The van der Waals surface area contributed by atoms with Gasteiger partial charge >= 0.3 is 0 Å². The Hall–Kier alpha value is -2.71. The zero-order chi connectivity index (χ0) is 23.0. The van der Waals surface area contributed by atoms with Crippen molar-refractivity contribution in [1.29, 1.82) is 0 Å². The highest BCUT2D eigenvalue weighted by Crippen LogP contribution is 2.43. The van der Waals surface area contributed by atoms with Crippen molar-refractivity contribution in [2.45, 2.75) is 24.5 Å². The van der Waals surface area contributed by atoms with E-state index in [1.807, 2.05) is 24.3 Å². The molecule has 3 rings (SSSR count). The van der Waals surface area contributed by atoms with E-state index in [1.165, 1.54) is 0 Å². The van der Waals surface area contributed by atoms with Crippen molar-refractivity contribution in [3.63, 3.8) is 0 Å². The summed E-state index contributed by atoms with van der Waals surface area (Å²) >= 11 is 3.42. The topological polar surface area (TPSA) is 80.2 Å². The molecule has 0 aromatic heterocycles. The summed E-state index contributed by atoms with van der Waals surface area (Å²) in [6, 6.07) is 14.6. The van der Waals surface area contributed by atoms with E-state index in [-0.39, 0.29) is 19.6 Å². The quantitative estimate of drug-likeness (QED) is 0.356. The van der Waals surface area contributed by atoms with E-state index < -0.39 is 24.2 Å². The summed E-state index contributed by atoms with van der Waals surface area (Å²) in [6.07, 6.45) is 1.68. The van der Waals surface area contributed by atoms with Crippen LogP contribution in [0, 0.1) is 0 Å². The van der Waals surface area contributed by atoms with Crippen LogP contribution in [0.1, 0.15) is 30.1 Å². The van der Waals surface area contributed by atoms with Crippen molar-refractivity contribution >= 4 is 27.7 Å². The molecule has 0 unspecified atom stereocenters. The molecule has 1 aliphatic heterocycles. The predicted molar refractivity (Wildman–Crippen MR) is 125 cm³/mol. The first kappa shape index (κ1) is 23.9. The summed E-state index contributed by atoms with van der Waals surface area (Å²) in [5.41, 5.74) is 0.148. The van der Waals surface area contributed by atoms with E-state index in [9.17, 15) is 9.18 Å². The van der Waals surface area contributed by atoms with Crippen LogP contribution in [0.5, 0.6) is 5.75 Å². The van der Waals surface area contributed by atoms with Crippen LogP contribution in [-0.2, 0) is 9.53 Å². The molecule has 170 valence electrons. The normalized spacial score (nSPS) is 19.7. The van der Waals surface area contributed by atoms with Crippen LogP contribution in [0.15, 0.2) is 70.7 Å². The minimum Gasteiger partial charge on any atom is -0.494 e. The first-order chi connectivity index (χ1) is 15.5. The van der Waals surface area contributed by atoms with Gasteiger partial charge in [-0.2, -0.15) is 0 Å². The molecule has 2 atom stereocenters. The van der Waals surface area contributed by atoms with Gasteiger partial charge in [-0.3, -0.25) is 4.79 Å². The monoisotopic (exact) mass is 504 g/mol. The van der Waals surface area contributed by atoms with E-state index in [0.717, 1.165) is 10.0 Å². The molecule has 0 fully saturated rings. The number of amides is 1. The third kappa shape index (κ3) is 5.37. The Morgan fingerprint density at radius 1 is 1.28 bits per heavy atom. The lowest BCUT2D eigenvalue weighted by molar-refractivity contribution is -0.128. The smallest absolute Gasteiger partial charge is 0.252 e. The Labute approximate surface area is 195 Å². The molecule has 6 nitrogen and oxygen atoms in total. The van der Waals surface area contributed by atoms with Crippen molar-refractivity contribution in [3.05, 3.63) is 76.8 Å². The fraction of sp³-hybridized carbons (Fsp3) is 0.333. The molecular formula is C24H26BrFN2O4. The van der Waals surface area contributed by atoms with Gasteiger partial charge in [-0.25, -0.2) is 9.38 Å². The number of alkyl halides is 1. The molecule has 1 amide bonds. The predicted octanol–water partition coefficient (Wildman–Crippen LogP) is 4.13. The summed E-state index contributed by atoms with van der Waals surface area (Å²) in [7, 11) is 0. The van der Waals surface area contributed by atoms with Crippen LogP contribution in [-0.4, -0.2) is 48.9 Å². The van der Waals surface area contributed by atoms with Crippen molar-refractivity contribution in [1.82, 2.24) is 5.32 Å². The number of aliphatic hydroxyl groups excluding tert-OH is 1. The van der Waals surface area contributed by atoms with Crippen LogP contribution in [0.25, 0.3) is 0 Å². The molecule has 32 heavy (non-hydrogen) atoms. The zero-order valence-electron chi connectivity index (χ0n) is 17.6. The number of halogens is 2. The maximum Gasteiger partial charge on any atom is 0.252 e. The molecular weight excluding hydrogens is 479 g/mol. The van der Waals surface area contributed by atoms with E-state index in [0.29, 0.717) is 30.2 Å². The Morgan fingerprint density at radius 2 is 2.00 bits per heavy atom. The van der Waals surface area contributed by atoms with Crippen LogP contribution in [0.4, 0.5) is 4.39 Å². The van der Waals surface area contributed by atoms with Crippen molar-refractivity contribution < 1.29 is 23.8 Å². The van der Waals surface area contributed by atoms with Crippen LogP contribution in [0.3, 0.4) is 0 Å². The average Bonchev–Trinajstić information content (AvgIpc) is 3.19. The number of rotatable bonds is 11. The number of carbonyl (C=O) groups excluding carboxylic acids is 1. The fourth-order valence-electron chi connectivity index (χ4n) is 3.49. The van der Waals surface area contributed by atoms with Gasteiger partial charge in [-0.1, -0.05) is 34.1 Å². The van der Waals surface area contributed by atoms with Crippen molar-refractivity contribution in [2.24, 2.45) is 4.99 Å². The van der Waals surface area contributed by atoms with Gasteiger partial charge < -0.3 is 19.9 Å². The molecule has 8 heteroatoms. The minimum atomic E-state index is -1.31. The molecule has 1 heterocycles. The molecule has 0 saturated carbocycles. The molecule has 2 N–H and O–H groups in total. The third-order valence-corrected chi connectivity index (χ3v) is 5.57. The SMILES string of the molecule is C=CC[C@@]1(C(=O)NCCF)N=C(c2ccc(OCCCO)cc2)O[C@@H]1c1ccc(Br)cc1. The molecule has 0 bridgehead atoms. The Kier molecular flexibility index (Phi) is 8.41. The Morgan fingerprint density at radius 3 is 2.62 bits per heavy atom. The Balaban J connectivity index is 1.96. The van der Waals surface area contributed by atoms with Gasteiger partial charge in [-0.05, 0) is 42.0 Å². The number of ether oxygens (including phenoxy) is 2.